The smallest absolute Gasteiger partial charge is 0.239 e. The Morgan fingerprint density at radius 3 is 2.76 bits per heavy atom. The van der Waals surface area contributed by atoms with E-state index < -0.39 is 0 Å². The van der Waals surface area contributed by atoms with Crippen molar-refractivity contribution in [2.75, 3.05) is 13.1 Å². The van der Waals surface area contributed by atoms with E-state index in [1.165, 1.54) is 18.4 Å². The first-order valence-electron chi connectivity index (χ1n) is 8.29. The Bertz CT molecular complexity index is 432. The summed E-state index contributed by atoms with van der Waals surface area (Å²) in [6.07, 6.45) is 6.33. The van der Waals surface area contributed by atoms with E-state index in [0.29, 0.717) is 0 Å². The maximum atomic E-state index is 12.5. The monoisotopic (exact) mass is 288 g/mol. The van der Waals surface area contributed by atoms with Gasteiger partial charge in [0.1, 0.15) is 0 Å². The largest absolute Gasteiger partial charge is 0.341 e. The summed E-state index contributed by atoms with van der Waals surface area (Å²) >= 11 is 0. The fraction of sp³-hybridized carbons (Fsp3) is 0.611. The number of likely N-dealkylation sites (tertiary alicyclic amines) is 1. The van der Waals surface area contributed by atoms with Gasteiger partial charge in [-0.2, -0.15) is 0 Å². The third-order valence-electron chi connectivity index (χ3n) is 4.64. The summed E-state index contributed by atoms with van der Waals surface area (Å²) in [6.45, 7) is 4.01. The molecule has 1 aliphatic rings. The molecule has 1 aromatic carbocycles. The van der Waals surface area contributed by atoms with Crippen molar-refractivity contribution < 1.29 is 4.79 Å². The van der Waals surface area contributed by atoms with Crippen LogP contribution in [0.1, 0.15) is 44.6 Å². The highest BCUT2D eigenvalue weighted by molar-refractivity contribution is 5.81. The van der Waals surface area contributed by atoms with Crippen LogP contribution in [0.15, 0.2) is 30.3 Å². The molecule has 1 fully saturated rings. The Labute approximate surface area is 128 Å². The summed E-state index contributed by atoms with van der Waals surface area (Å²) in [4.78, 5) is 14.5. The summed E-state index contributed by atoms with van der Waals surface area (Å²) in [5, 5.41) is 0. The van der Waals surface area contributed by atoms with Crippen LogP contribution in [0.3, 0.4) is 0 Å². The molecule has 116 valence electrons. The molecule has 1 aromatic rings. The lowest BCUT2D eigenvalue weighted by molar-refractivity contribution is -0.132. The quantitative estimate of drug-likeness (QED) is 0.905. The predicted octanol–water partition coefficient (Wildman–Crippen LogP) is 2.99. The number of benzene rings is 1. The summed E-state index contributed by atoms with van der Waals surface area (Å²) in [7, 11) is 0. The summed E-state index contributed by atoms with van der Waals surface area (Å²) in [5.41, 5.74) is 7.38. The number of amides is 1. The molecule has 1 unspecified atom stereocenters. The highest BCUT2D eigenvalue weighted by Crippen LogP contribution is 2.20. The van der Waals surface area contributed by atoms with Crippen molar-refractivity contribution in [3.8, 4) is 0 Å². The third kappa shape index (κ3) is 4.85. The van der Waals surface area contributed by atoms with Gasteiger partial charge >= 0.3 is 0 Å². The lowest BCUT2D eigenvalue weighted by Gasteiger charge is -2.24. The molecule has 2 rings (SSSR count). The normalized spacial score (nSPS) is 20.9. The van der Waals surface area contributed by atoms with Crippen LogP contribution in [0.2, 0.25) is 0 Å². The average molecular weight is 288 g/mol. The van der Waals surface area contributed by atoms with Crippen LogP contribution in [0, 0.1) is 5.92 Å². The molecule has 0 aliphatic carbocycles. The maximum Gasteiger partial charge on any atom is 0.239 e. The van der Waals surface area contributed by atoms with Gasteiger partial charge in [0.15, 0.2) is 0 Å². The predicted molar refractivity (Wildman–Crippen MR) is 87.0 cm³/mol. The van der Waals surface area contributed by atoms with Crippen molar-refractivity contribution in [1.29, 1.82) is 0 Å². The molecule has 2 N–H and O–H groups in total. The third-order valence-corrected chi connectivity index (χ3v) is 4.64. The Balaban J connectivity index is 1.81. The van der Waals surface area contributed by atoms with Gasteiger partial charge in [-0.1, -0.05) is 43.7 Å². The minimum Gasteiger partial charge on any atom is -0.341 e. The standard InChI is InChI=1S/C18H28N2O/c1-2-15-9-6-13-20(14-12-15)18(21)17(19)11-10-16-7-4-3-5-8-16/h3-5,7-8,15,17H,2,6,9-14,19H2,1H3/t15?,17-/m0/s1. The Morgan fingerprint density at radius 2 is 2.05 bits per heavy atom. The highest BCUT2D eigenvalue weighted by atomic mass is 16.2. The van der Waals surface area contributed by atoms with Crippen molar-refractivity contribution in [2.45, 2.75) is 51.5 Å². The minimum atomic E-state index is -0.358. The van der Waals surface area contributed by atoms with E-state index in [1.54, 1.807) is 0 Å². The zero-order chi connectivity index (χ0) is 15.1. The zero-order valence-corrected chi connectivity index (χ0v) is 13.1. The second-order valence-electron chi connectivity index (χ2n) is 6.16. The van der Waals surface area contributed by atoms with Crippen LogP contribution in [-0.4, -0.2) is 29.9 Å². The van der Waals surface area contributed by atoms with Crippen molar-refractivity contribution in [2.24, 2.45) is 11.7 Å². The van der Waals surface area contributed by atoms with Crippen LogP contribution in [0.5, 0.6) is 0 Å². The molecular weight excluding hydrogens is 260 g/mol. The van der Waals surface area contributed by atoms with Crippen LogP contribution in [0.25, 0.3) is 0 Å². The second kappa shape index (κ2) is 8.18. The molecule has 3 heteroatoms. The van der Waals surface area contributed by atoms with E-state index >= 15 is 0 Å². The number of carbonyl (C=O) groups is 1. The molecular formula is C18H28N2O. The van der Waals surface area contributed by atoms with E-state index in [-0.39, 0.29) is 11.9 Å². The average Bonchev–Trinajstić information content (AvgIpc) is 2.78. The summed E-state index contributed by atoms with van der Waals surface area (Å²) in [6, 6.07) is 9.90. The fourth-order valence-corrected chi connectivity index (χ4v) is 3.12. The van der Waals surface area contributed by atoms with Crippen molar-refractivity contribution >= 4 is 5.91 Å². The van der Waals surface area contributed by atoms with E-state index in [4.69, 9.17) is 5.73 Å². The van der Waals surface area contributed by atoms with Gasteiger partial charge in [-0.25, -0.2) is 0 Å². The molecule has 0 radical (unpaired) electrons. The maximum absolute atomic E-state index is 12.5. The SMILES string of the molecule is CCC1CCCN(C(=O)[C@@H](N)CCc2ccccc2)CC1. The molecule has 3 nitrogen and oxygen atoms in total. The van der Waals surface area contributed by atoms with E-state index in [2.05, 4.69) is 19.1 Å². The fourth-order valence-electron chi connectivity index (χ4n) is 3.12. The number of hydrogen-bond acceptors (Lipinski definition) is 2. The van der Waals surface area contributed by atoms with Crippen LogP contribution < -0.4 is 5.73 Å². The first-order chi connectivity index (χ1) is 10.2. The molecule has 21 heavy (non-hydrogen) atoms. The molecule has 0 spiro atoms. The Morgan fingerprint density at radius 1 is 1.29 bits per heavy atom. The van der Waals surface area contributed by atoms with Crippen molar-refractivity contribution in [3.05, 3.63) is 35.9 Å². The van der Waals surface area contributed by atoms with E-state index in [0.717, 1.165) is 44.7 Å². The first-order valence-corrected chi connectivity index (χ1v) is 8.29. The molecule has 1 amide bonds. The van der Waals surface area contributed by atoms with Gasteiger partial charge in [0.2, 0.25) is 5.91 Å². The Hall–Kier alpha value is -1.35. The number of hydrogen-bond donors (Lipinski definition) is 1. The molecule has 0 bridgehead atoms. The topological polar surface area (TPSA) is 46.3 Å². The summed E-state index contributed by atoms with van der Waals surface area (Å²) in [5.74, 6) is 0.922. The van der Waals surface area contributed by atoms with E-state index in [9.17, 15) is 4.79 Å². The van der Waals surface area contributed by atoms with Gasteiger partial charge in [0, 0.05) is 13.1 Å². The van der Waals surface area contributed by atoms with Crippen LogP contribution in [-0.2, 0) is 11.2 Å². The van der Waals surface area contributed by atoms with Crippen LogP contribution >= 0.6 is 0 Å². The van der Waals surface area contributed by atoms with Gasteiger partial charge in [0.05, 0.1) is 6.04 Å². The number of aryl methyl sites for hydroxylation is 1. The van der Waals surface area contributed by atoms with Gasteiger partial charge in [-0.15, -0.1) is 0 Å². The van der Waals surface area contributed by atoms with Crippen molar-refractivity contribution in [1.82, 2.24) is 4.90 Å². The number of nitrogens with two attached hydrogens (primary N) is 1. The number of rotatable bonds is 5. The van der Waals surface area contributed by atoms with Gasteiger partial charge in [-0.3, -0.25) is 4.79 Å². The lowest BCUT2D eigenvalue weighted by Crippen LogP contribution is -2.44. The molecule has 0 saturated carbocycles. The van der Waals surface area contributed by atoms with Gasteiger partial charge < -0.3 is 10.6 Å². The molecule has 1 heterocycles. The number of carbonyl (C=O) groups excluding carboxylic acids is 1. The zero-order valence-electron chi connectivity index (χ0n) is 13.1. The van der Waals surface area contributed by atoms with Crippen molar-refractivity contribution in [3.63, 3.8) is 0 Å². The summed E-state index contributed by atoms with van der Waals surface area (Å²) < 4.78 is 0. The molecule has 1 saturated heterocycles. The van der Waals surface area contributed by atoms with Crippen LogP contribution in [0.4, 0.5) is 0 Å². The lowest BCUT2D eigenvalue weighted by atomic mass is 9.98. The molecule has 0 aromatic heterocycles. The minimum absolute atomic E-state index is 0.141. The van der Waals surface area contributed by atoms with E-state index in [1.807, 2.05) is 23.1 Å². The van der Waals surface area contributed by atoms with Gasteiger partial charge in [-0.05, 0) is 43.6 Å². The highest BCUT2D eigenvalue weighted by Gasteiger charge is 2.23. The molecule has 1 aliphatic heterocycles. The second-order valence-corrected chi connectivity index (χ2v) is 6.16. The number of nitrogens with zero attached hydrogens (tertiary/aromatic N) is 1. The van der Waals surface area contributed by atoms with Gasteiger partial charge in [0.25, 0.3) is 0 Å². The Kier molecular flexibility index (Phi) is 6.24. The molecule has 2 atom stereocenters. The first kappa shape index (κ1) is 16.0.